The number of hydrogen-bond donors (Lipinski definition) is 0. The minimum absolute atomic E-state index is 0.0221. The van der Waals surface area contributed by atoms with Crippen LogP contribution < -0.4 is 0 Å². The summed E-state index contributed by atoms with van der Waals surface area (Å²) in [6.07, 6.45) is 0.633. The Bertz CT molecular complexity index is 164. The van der Waals surface area contributed by atoms with Gasteiger partial charge in [-0.05, 0) is 26.7 Å². The van der Waals surface area contributed by atoms with Crippen molar-refractivity contribution in [2.75, 3.05) is 6.61 Å². The van der Waals surface area contributed by atoms with Crippen LogP contribution in [0.3, 0.4) is 0 Å². The molecule has 1 unspecified atom stereocenters. The highest BCUT2D eigenvalue weighted by Gasteiger charge is 2.10. The summed E-state index contributed by atoms with van der Waals surface area (Å²) >= 11 is 0. The van der Waals surface area contributed by atoms with Crippen LogP contribution >= 0.6 is 0 Å². The Labute approximate surface area is 86.8 Å². The van der Waals surface area contributed by atoms with Crippen LogP contribution in [0.4, 0.5) is 0 Å². The normalized spacial score (nSPS) is 13.4. The quantitative estimate of drug-likeness (QED) is 0.620. The van der Waals surface area contributed by atoms with E-state index in [0.29, 0.717) is 18.9 Å². The van der Waals surface area contributed by atoms with Gasteiger partial charge in [0.05, 0.1) is 12.2 Å². The molecule has 0 saturated carbocycles. The first kappa shape index (κ1) is 13.4. The summed E-state index contributed by atoms with van der Waals surface area (Å²) in [5.41, 5.74) is 0. The van der Waals surface area contributed by atoms with E-state index in [9.17, 15) is 4.79 Å². The predicted octanol–water partition coefficient (Wildman–Crippen LogP) is 2.39. The molecule has 0 saturated heterocycles. The van der Waals surface area contributed by atoms with Gasteiger partial charge in [-0.15, -0.1) is 0 Å². The lowest BCUT2D eigenvalue weighted by Gasteiger charge is -2.16. The highest BCUT2D eigenvalue weighted by molar-refractivity contribution is 5.69. The zero-order valence-electron chi connectivity index (χ0n) is 9.87. The molecule has 1 atom stereocenters. The van der Waals surface area contributed by atoms with Gasteiger partial charge in [-0.2, -0.15) is 0 Å². The van der Waals surface area contributed by atoms with Gasteiger partial charge in [0.1, 0.15) is 6.61 Å². The van der Waals surface area contributed by atoms with E-state index in [1.807, 2.05) is 34.6 Å². The molecule has 0 rings (SSSR count). The number of hydrogen-bond acceptors (Lipinski definition) is 3. The third-order valence-corrected chi connectivity index (χ3v) is 1.56. The van der Waals surface area contributed by atoms with E-state index in [2.05, 4.69) is 0 Å². The van der Waals surface area contributed by atoms with Crippen molar-refractivity contribution >= 4 is 5.97 Å². The zero-order valence-corrected chi connectivity index (χ0v) is 9.87. The molecule has 0 aliphatic heterocycles. The largest absolute Gasteiger partial charge is 0.463 e. The minimum atomic E-state index is -0.140. The Morgan fingerprint density at radius 3 is 2.14 bits per heavy atom. The van der Waals surface area contributed by atoms with Crippen LogP contribution in [0.2, 0.25) is 0 Å². The second-order valence-corrected chi connectivity index (χ2v) is 4.28. The SMILES string of the molecule is CC(C)CC(=O)OCC(C)OC(C)C. The van der Waals surface area contributed by atoms with Crippen LogP contribution in [0.15, 0.2) is 0 Å². The molecule has 0 N–H and O–H groups in total. The lowest BCUT2D eigenvalue weighted by molar-refractivity contribution is -0.149. The molecule has 0 aromatic heterocycles. The van der Waals surface area contributed by atoms with Crippen molar-refractivity contribution in [3.8, 4) is 0 Å². The van der Waals surface area contributed by atoms with Crippen LogP contribution in [0, 0.1) is 5.92 Å². The third-order valence-electron chi connectivity index (χ3n) is 1.56. The Hall–Kier alpha value is -0.570. The summed E-state index contributed by atoms with van der Waals surface area (Å²) in [7, 11) is 0. The molecule has 0 aromatic carbocycles. The summed E-state index contributed by atoms with van der Waals surface area (Å²) in [6, 6.07) is 0. The second-order valence-electron chi connectivity index (χ2n) is 4.28. The summed E-state index contributed by atoms with van der Waals surface area (Å²) in [6.45, 7) is 10.2. The maximum Gasteiger partial charge on any atom is 0.306 e. The lowest BCUT2D eigenvalue weighted by atomic mass is 10.1. The first-order chi connectivity index (χ1) is 6.41. The van der Waals surface area contributed by atoms with E-state index in [4.69, 9.17) is 9.47 Å². The third kappa shape index (κ3) is 8.05. The Morgan fingerprint density at radius 1 is 1.14 bits per heavy atom. The van der Waals surface area contributed by atoms with Crippen molar-refractivity contribution in [3.05, 3.63) is 0 Å². The first-order valence-electron chi connectivity index (χ1n) is 5.23. The van der Waals surface area contributed by atoms with Crippen molar-refractivity contribution in [1.29, 1.82) is 0 Å². The minimum Gasteiger partial charge on any atom is -0.463 e. The molecule has 0 radical (unpaired) electrons. The van der Waals surface area contributed by atoms with Crippen LogP contribution in [0.5, 0.6) is 0 Å². The van der Waals surface area contributed by atoms with Crippen LogP contribution in [-0.4, -0.2) is 24.8 Å². The molecular weight excluding hydrogens is 180 g/mol. The van der Waals surface area contributed by atoms with E-state index < -0.39 is 0 Å². The molecule has 3 nitrogen and oxygen atoms in total. The fourth-order valence-corrected chi connectivity index (χ4v) is 1.11. The number of carbonyl (C=O) groups excluding carboxylic acids is 1. The van der Waals surface area contributed by atoms with E-state index >= 15 is 0 Å². The van der Waals surface area contributed by atoms with Crippen LogP contribution in [0.1, 0.15) is 41.0 Å². The number of esters is 1. The first-order valence-corrected chi connectivity index (χ1v) is 5.23. The van der Waals surface area contributed by atoms with Crippen LogP contribution in [-0.2, 0) is 14.3 Å². The van der Waals surface area contributed by atoms with Gasteiger partial charge < -0.3 is 9.47 Å². The molecule has 0 aliphatic carbocycles. The summed E-state index contributed by atoms with van der Waals surface area (Å²) < 4.78 is 10.5. The fraction of sp³-hybridized carbons (Fsp3) is 0.909. The number of ether oxygens (including phenoxy) is 2. The Morgan fingerprint density at radius 2 is 1.71 bits per heavy atom. The molecule has 0 aliphatic rings. The van der Waals surface area contributed by atoms with E-state index in [1.54, 1.807) is 0 Å². The van der Waals surface area contributed by atoms with Crippen molar-refractivity contribution in [2.45, 2.75) is 53.2 Å². The molecule has 84 valence electrons. The molecule has 3 heteroatoms. The van der Waals surface area contributed by atoms with Crippen molar-refractivity contribution in [3.63, 3.8) is 0 Å². The highest BCUT2D eigenvalue weighted by Crippen LogP contribution is 2.03. The Balaban J connectivity index is 3.56. The second kappa shape index (κ2) is 6.82. The molecule has 0 fully saturated rings. The summed E-state index contributed by atoms with van der Waals surface area (Å²) in [5, 5.41) is 0. The highest BCUT2D eigenvalue weighted by atomic mass is 16.6. The van der Waals surface area contributed by atoms with E-state index in [1.165, 1.54) is 0 Å². The van der Waals surface area contributed by atoms with Gasteiger partial charge in [0.25, 0.3) is 0 Å². The summed E-state index contributed by atoms with van der Waals surface area (Å²) in [4.78, 5) is 11.2. The average Bonchev–Trinajstić information content (AvgIpc) is 1.98. The molecule has 0 bridgehead atoms. The topological polar surface area (TPSA) is 35.5 Å². The summed E-state index contributed by atoms with van der Waals surface area (Å²) in [5.74, 6) is 0.211. The average molecular weight is 202 g/mol. The van der Waals surface area contributed by atoms with Crippen molar-refractivity contribution in [2.24, 2.45) is 5.92 Å². The van der Waals surface area contributed by atoms with Gasteiger partial charge >= 0.3 is 5.97 Å². The molecule has 0 amide bonds. The van der Waals surface area contributed by atoms with Crippen LogP contribution in [0.25, 0.3) is 0 Å². The smallest absolute Gasteiger partial charge is 0.306 e. The van der Waals surface area contributed by atoms with E-state index in [0.717, 1.165) is 0 Å². The van der Waals surface area contributed by atoms with Gasteiger partial charge in [0.2, 0.25) is 0 Å². The molecule has 0 aromatic rings. The maximum absolute atomic E-state index is 11.2. The van der Waals surface area contributed by atoms with Gasteiger partial charge in [-0.3, -0.25) is 4.79 Å². The fourth-order valence-electron chi connectivity index (χ4n) is 1.11. The van der Waals surface area contributed by atoms with Crippen molar-refractivity contribution in [1.82, 2.24) is 0 Å². The monoisotopic (exact) mass is 202 g/mol. The van der Waals surface area contributed by atoms with Gasteiger partial charge in [-0.25, -0.2) is 0 Å². The lowest BCUT2D eigenvalue weighted by Crippen LogP contribution is -2.22. The number of carbonyl (C=O) groups is 1. The zero-order chi connectivity index (χ0) is 11.1. The molecule has 0 heterocycles. The molecule has 14 heavy (non-hydrogen) atoms. The standard InChI is InChI=1S/C11H22O3/c1-8(2)6-11(12)13-7-10(5)14-9(3)4/h8-10H,6-7H2,1-5H3. The predicted molar refractivity (Wildman–Crippen MR) is 56.1 cm³/mol. The number of rotatable bonds is 6. The van der Waals surface area contributed by atoms with Crippen molar-refractivity contribution < 1.29 is 14.3 Å². The molecule has 0 spiro atoms. The van der Waals surface area contributed by atoms with Gasteiger partial charge in [0, 0.05) is 6.42 Å². The maximum atomic E-state index is 11.2. The van der Waals surface area contributed by atoms with Gasteiger partial charge in [-0.1, -0.05) is 13.8 Å². The van der Waals surface area contributed by atoms with E-state index in [-0.39, 0.29) is 18.2 Å². The Kier molecular flexibility index (Phi) is 6.54. The molecular formula is C11H22O3. The van der Waals surface area contributed by atoms with Gasteiger partial charge in [0.15, 0.2) is 0 Å².